The van der Waals surface area contributed by atoms with Gasteiger partial charge in [0.1, 0.15) is 5.75 Å². The van der Waals surface area contributed by atoms with Crippen LogP contribution in [0.15, 0.2) is 72.9 Å². The van der Waals surface area contributed by atoms with E-state index in [0.29, 0.717) is 18.7 Å². The second-order valence-corrected chi connectivity index (χ2v) is 11.4. The van der Waals surface area contributed by atoms with Gasteiger partial charge in [0.15, 0.2) is 0 Å². The molecular weight excluding hydrogens is 526 g/mol. The molecule has 2 aliphatic rings. The number of carbonyl (C=O) groups is 2. The Balaban J connectivity index is 1.22. The Morgan fingerprint density at radius 3 is 2.74 bits per heavy atom. The molecule has 3 N–H and O–H groups in total. The van der Waals surface area contributed by atoms with Crippen LogP contribution in [0.3, 0.4) is 0 Å². The number of likely N-dealkylation sites (tertiary alicyclic amines) is 1. The number of benzene rings is 3. The van der Waals surface area contributed by atoms with E-state index in [1.165, 1.54) is 0 Å². The lowest BCUT2D eigenvalue weighted by Crippen LogP contribution is -2.42. The van der Waals surface area contributed by atoms with Gasteiger partial charge in [0, 0.05) is 61.1 Å². The van der Waals surface area contributed by atoms with Crippen molar-refractivity contribution in [2.75, 3.05) is 43.0 Å². The lowest BCUT2D eigenvalue weighted by molar-refractivity contribution is -0.110. The highest BCUT2D eigenvalue weighted by atomic mass is 16.5. The van der Waals surface area contributed by atoms with Gasteiger partial charge in [-0.25, -0.2) is 0 Å². The maximum Gasteiger partial charge on any atom is 0.258 e. The van der Waals surface area contributed by atoms with E-state index < -0.39 is 0 Å². The van der Waals surface area contributed by atoms with Crippen molar-refractivity contribution in [3.63, 3.8) is 0 Å². The van der Waals surface area contributed by atoms with Gasteiger partial charge in [0.05, 0.1) is 18.0 Å². The summed E-state index contributed by atoms with van der Waals surface area (Å²) in [5, 5.41) is 7.58. The minimum absolute atomic E-state index is 0.0253. The summed E-state index contributed by atoms with van der Waals surface area (Å²) in [6.45, 7) is 6.23. The lowest BCUT2D eigenvalue weighted by Gasteiger charge is -2.31. The summed E-state index contributed by atoms with van der Waals surface area (Å²) in [5.41, 5.74) is 5.62. The molecule has 8 nitrogen and oxygen atoms in total. The normalized spacial score (nSPS) is 17.7. The monoisotopic (exact) mass is 565 g/mol. The first-order valence-electron chi connectivity index (χ1n) is 15.0. The summed E-state index contributed by atoms with van der Waals surface area (Å²) >= 11 is 0. The van der Waals surface area contributed by atoms with Crippen LogP contribution in [-0.4, -0.2) is 67.1 Å². The maximum atomic E-state index is 14.0. The number of ether oxygens (including phenoxy) is 1. The molecule has 8 heteroatoms. The van der Waals surface area contributed by atoms with Gasteiger partial charge >= 0.3 is 0 Å². The molecule has 0 saturated carbocycles. The van der Waals surface area contributed by atoms with Gasteiger partial charge in [0.25, 0.3) is 5.91 Å². The van der Waals surface area contributed by atoms with Crippen molar-refractivity contribution in [3.05, 3.63) is 78.5 Å². The first kappa shape index (κ1) is 27.8. The number of H-pyrrole nitrogens is 1. The van der Waals surface area contributed by atoms with Gasteiger partial charge in [-0.1, -0.05) is 18.2 Å². The highest BCUT2D eigenvalue weighted by Gasteiger charge is 2.25. The molecule has 0 radical (unpaired) electrons. The number of rotatable bonds is 9. The topological polar surface area (TPSA) is 89.7 Å². The van der Waals surface area contributed by atoms with Crippen LogP contribution in [0.1, 0.15) is 43.0 Å². The number of amides is 2. The smallest absolute Gasteiger partial charge is 0.258 e. The molecule has 2 aliphatic heterocycles. The number of nitrogens with zero attached hydrogens (tertiary/aromatic N) is 2. The number of hydrogen-bond acceptors (Lipinski definition) is 5. The lowest BCUT2D eigenvalue weighted by atomic mass is 10.0. The number of para-hydroxylation sites is 2. The fourth-order valence-corrected chi connectivity index (χ4v) is 6.10. The zero-order valence-corrected chi connectivity index (χ0v) is 24.1. The van der Waals surface area contributed by atoms with Crippen molar-refractivity contribution in [3.8, 4) is 16.9 Å². The average molecular weight is 566 g/mol. The fraction of sp³-hybridized carbons (Fsp3) is 0.353. The largest absolute Gasteiger partial charge is 0.493 e. The molecule has 2 amide bonds. The molecule has 0 spiro atoms. The number of aromatic nitrogens is 1. The van der Waals surface area contributed by atoms with Gasteiger partial charge < -0.3 is 30.2 Å². The van der Waals surface area contributed by atoms with E-state index in [1.807, 2.05) is 53.6 Å². The van der Waals surface area contributed by atoms with E-state index in [1.54, 1.807) is 0 Å². The van der Waals surface area contributed by atoms with Crippen molar-refractivity contribution in [1.29, 1.82) is 0 Å². The third kappa shape index (κ3) is 6.14. The van der Waals surface area contributed by atoms with E-state index in [9.17, 15) is 9.59 Å². The Bertz CT molecular complexity index is 1540. The Labute approximate surface area is 247 Å². The molecule has 4 aromatic rings. The second-order valence-electron chi connectivity index (χ2n) is 11.4. The van der Waals surface area contributed by atoms with E-state index >= 15 is 0 Å². The number of fused-ring (bicyclic) bond motifs is 2. The highest BCUT2D eigenvalue weighted by molar-refractivity contribution is 6.08. The number of nitrogens with one attached hydrogen (secondary N) is 3. The van der Waals surface area contributed by atoms with Gasteiger partial charge in [-0.2, -0.15) is 0 Å². The Morgan fingerprint density at radius 1 is 1.02 bits per heavy atom. The molecule has 1 fully saturated rings. The van der Waals surface area contributed by atoms with Crippen molar-refractivity contribution in [2.45, 2.75) is 44.7 Å². The first-order chi connectivity index (χ1) is 20.6. The summed E-state index contributed by atoms with van der Waals surface area (Å²) in [6.07, 6.45) is 6.44. The maximum absolute atomic E-state index is 14.0. The Hall–Kier alpha value is -4.30. The van der Waals surface area contributed by atoms with Crippen LogP contribution in [0.25, 0.3) is 22.0 Å². The van der Waals surface area contributed by atoms with Crippen molar-refractivity contribution in [2.24, 2.45) is 0 Å². The second kappa shape index (κ2) is 12.7. The molecule has 1 atom stereocenters. The van der Waals surface area contributed by atoms with Crippen LogP contribution >= 0.6 is 0 Å². The van der Waals surface area contributed by atoms with E-state index in [0.717, 1.165) is 90.9 Å². The average Bonchev–Trinajstić information content (AvgIpc) is 3.42. The predicted molar refractivity (Wildman–Crippen MR) is 168 cm³/mol. The van der Waals surface area contributed by atoms with Crippen molar-refractivity contribution < 1.29 is 14.3 Å². The van der Waals surface area contributed by atoms with Crippen LogP contribution in [-0.2, 0) is 4.79 Å². The minimum Gasteiger partial charge on any atom is -0.493 e. The molecule has 3 heterocycles. The zero-order valence-electron chi connectivity index (χ0n) is 24.1. The Morgan fingerprint density at radius 2 is 1.88 bits per heavy atom. The van der Waals surface area contributed by atoms with E-state index in [2.05, 4.69) is 51.7 Å². The fourth-order valence-electron chi connectivity index (χ4n) is 6.10. The summed E-state index contributed by atoms with van der Waals surface area (Å²) < 4.78 is 6.45. The van der Waals surface area contributed by atoms with Gasteiger partial charge in [0.2, 0.25) is 6.41 Å². The van der Waals surface area contributed by atoms with Crippen LogP contribution in [0.4, 0.5) is 11.4 Å². The van der Waals surface area contributed by atoms with Crippen LogP contribution < -0.4 is 20.3 Å². The quantitative estimate of drug-likeness (QED) is 0.180. The van der Waals surface area contributed by atoms with E-state index in [-0.39, 0.29) is 18.0 Å². The highest BCUT2D eigenvalue weighted by Crippen LogP contribution is 2.35. The summed E-state index contributed by atoms with van der Waals surface area (Å²) in [7, 11) is 0. The molecule has 0 aliphatic carbocycles. The molecule has 6 rings (SSSR count). The SMILES string of the molecule is C[C@H]1CCN(C(=O)c2ccc(-c3ccc4[nH]ccc4c3)c(OCCCN3CCC(NC=O)CC3)c2)c2ccccc2N1. The first-order valence-corrected chi connectivity index (χ1v) is 15.0. The Kier molecular flexibility index (Phi) is 8.42. The molecule has 3 aromatic carbocycles. The van der Waals surface area contributed by atoms with Crippen LogP contribution in [0.5, 0.6) is 5.75 Å². The standard InChI is InChI=1S/C34H39N5O3/c1-24-12-19-39(32-6-3-2-5-31(32)37-24)34(41)27-7-9-29(25-8-10-30-26(21-25)11-15-35-30)33(22-27)42-20-4-16-38-17-13-28(14-18-38)36-23-40/h2-3,5-11,15,21-24,28,35,37H,4,12-14,16-20H2,1H3,(H,36,40)/t24-/m0/s1. The summed E-state index contributed by atoms with van der Waals surface area (Å²) in [4.78, 5) is 32.3. The number of piperidine rings is 1. The van der Waals surface area contributed by atoms with Crippen molar-refractivity contribution >= 4 is 34.6 Å². The molecule has 218 valence electrons. The molecular formula is C34H39N5O3. The predicted octanol–water partition coefficient (Wildman–Crippen LogP) is 5.67. The molecule has 1 aromatic heterocycles. The van der Waals surface area contributed by atoms with Crippen molar-refractivity contribution in [1.82, 2.24) is 15.2 Å². The number of carbonyl (C=O) groups excluding carboxylic acids is 2. The summed E-state index contributed by atoms with van der Waals surface area (Å²) in [5.74, 6) is 0.696. The van der Waals surface area contributed by atoms with E-state index in [4.69, 9.17) is 4.74 Å². The van der Waals surface area contributed by atoms with Gasteiger partial charge in [-0.05, 0) is 92.1 Å². The molecule has 0 bridgehead atoms. The molecule has 42 heavy (non-hydrogen) atoms. The third-order valence-corrected chi connectivity index (χ3v) is 8.49. The van der Waals surface area contributed by atoms with Gasteiger partial charge in [-0.15, -0.1) is 0 Å². The van der Waals surface area contributed by atoms with Gasteiger partial charge in [-0.3, -0.25) is 9.59 Å². The van der Waals surface area contributed by atoms with Crippen LogP contribution in [0.2, 0.25) is 0 Å². The third-order valence-electron chi connectivity index (χ3n) is 8.49. The van der Waals surface area contributed by atoms with Crippen LogP contribution in [0, 0.1) is 0 Å². The zero-order chi connectivity index (χ0) is 28.9. The summed E-state index contributed by atoms with van der Waals surface area (Å²) in [6, 6.07) is 22.8. The number of anilines is 2. The minimum atomic E-state index is -0.0253. The number of aromatic amines is 1. The number of hydrogen-bond donors (Lipinski definition) is 3. The molecule has 0 unspecified atom stereocenters. The molecule has 1 saturated heterocycles.